The number of rotatable bonds is 5. The lowest BCUT2D eigenvalue weighted by molar-refractivity contribution is -0.137. The van der Waals surface area contributed by atoms with Crippen LogP contribution in [0, 0.1) is 5.82 Å². The minimum Gasteiger partial charge on any atom is -0.381 e. The molecule has 31 heavy (non-hydrogen) atoms. The van der Waals surface area contributed by atoms with Gasteiger partial charge in [-0.05, 0) is 24.6 Å². The summed E-state index contributed by atoms with van der Waals surface area (Å²) in [5.41, 5.74) is 1.90. The van der Waals surface area contributed by atoms with Crippen LogP contribution in [0.15, 0.2) is 36.4 Å². The Morgan fingerprint density at radius 2 is 1.97 bits per heavy atom. The number of amides is 4. The summed E-state index contributed by atoms with van der Waals surface area (Å²) >= 11 is 0. The molecule has 2 aliphatic heterocycles. The Labute approximate surface area is 179 Å². The van der Waals surface area contributed by atoms with Crippen molar-refractivity contribution in [1.82, 2.24) is 10.2 Å². The quantitative estimate of drug-likeness (QED) is 0.637. The Hall–Kier alpha value is -3.75. The van der Waals surface area contributed by atoms with E-state index in [0.717, 1.165) is 4.90 Å². The van der Waals surface area contributed by atoms with Gasteiger partial charge in [-0.15, -0.1) is 0 Å². The molecule has 0 unspecified atom stereocenters. The number of piperidine rings is 1. The number of carbonyl (C=O) groups is 4. The van der Waals surface area contributed by atoms with Crippen LogP contribution in [-0.4, -0.2) is 34.5 Å². The molecule has 0 saturated carbocycles. The van der Waals surface area contributed by atoms with Crippen LogP contribution in [-0.2, 0) is 27.5 Å². The maximum absolute atomic E-state index is 14.7. The van der Waals surface area contributed by atoms with Gasteiger partial charge in [-0.2, -0.15) is 0 Å². The summed E-state index contributed by atoms with van der Waals surface area (Å²) in [6.45, 7) is 1.39. The first-order valence-electron chi connectivity index (χ1n) is 10.3. The summed E-state index contributed by atoms with van der Waals surface area (Å²) < 4.78 is 23.3. The van der Waals surface area contributed by atoms with E-state index in [0.29, 0.717) is 22.4 Å². The van der Waals surface area contributed by atoms with Crippen molar-refractivity contribution in [3.63, 3.8) is 0 Å². The zero-order valence-corrected chi connectivity index (χ0v) is 16.8. The molecule has 8 nitrogen and oxygen atoms in total. The summed E-state index contributed by atoms with van der Waals surface area (Å²) in [4.78, 5) is 49.2. The Kier molecular flexibility index (Phi) is 5.07. The number of benzene rings is 2. The van der Waals surface area contributed by atoms with E-state index < -0.39 is 29.6 Å². The molecule has 1 fully saturated rings. The monoisotopic (exact) mass is 425 g/mol. The van der Waals surface area contributed by atoms with Crippen LogP contribution in [0.5, 0.6) is 0 Å². The molecule has 4 rings (SSSR count). The Bertz CT molecular complexity index is 1150. The molecule has 0 aliphatic carbocycles. The number of carbonyl (C=O) groups excluding carboxylic acids is 4. The molecule has 3 N–H and O–H groups in total. The van der Waals surface area contributed by atoms with Gasteiger partial charge in [0.2, 0.25) is 17.7 Å². The molecule has 4 amide bonds. The second-order valence-electron chi connectivity index (χ2n) is 7.36. The Morgan fingerprint density at radius 1 is 1.23 bits per heavy atom. The highest BCUT2D eigenvalue weighted by Gasteiger charge is 2.39. The predicted molar refractivity (Wildman–Crippen MR) is 111 cm³/mol. The van der Waals surface area contributed by atoms with E-state index in [1.807, 2.05) is 0 Å². The van der Waals surface area contributed by atoms with Crippen molar-refractivity contribution in [2.45, 2.75) is 38.9 Å². The smallest absolute Gasteiger partial charge is 0.255 e. The second kappa shape index (κ2) is 8.17. The van der Waals surface area contributed by atoms with Crippen LogP contribution in [0.2, 0.25) is 0 Å². The van der Waals surface area contributed by atoms with Gasteiger partial charge < -0.3 is 15.5 Å². The number of nitrogens with one attached hydrogen (secondary N) is 3. The van der Waals surface area contributed by atoms with E-state index in [1.54, 1.807) is 30.3 Å². The van der Waals surface area contributed by atoms with Gasteiger partial charge in [-0.3, -0.25) is 24.5 Å². The van der Waals surface area contributed by atoms with Gasteiger partial charge in [-0.25, -0.2) is 4.39 Å². The van der Waals surface area contributed by atoms with Gasteiger partial charge >= 0.3 is 0 Å². The molecule has 9 heteroatoms. The van der Waals surface area contributed by atoms with E-state index >= 15 is 0 Å². The third kappa shape index (κ3) is 3.98. The number of nitrogens with zero attached hydrogens (tertiary/aromatic N) is 1. The van der Waals surface area contributed by atoms with Crippen molar-refractivity contribution in [3.8, 4) is 0 Å². The van der Waals surface area contributed by atoms with Gasteiger partial charge in [0, 0.05) is 48.8 Å². The number of fused-ring (bicyclic) bond motifs is 1. The highest BCUT2D eigenvalue weighted by Crippen LogP contribution is 2.32. The largest absolute Gasteiger partial charge is 0.381 e. The lowest BCUT2D eigenvalue weighted by Gasteiger charge is -2.29. The fourth-order valence-corrected chi connectivity index (χ4v) is 3.77. The summed E-state index contributed by atoms with van der Waals surface area (Å²) in [5.74, 6) is -2.70. The minimum atomic E-state index is -1.87. The Balaban J connectivity index is 1.56. The normalized spacial score (nSPS) is 20.8. The lowest BCUT2D eigenvalue weighted by atomic mass is 10.0. The summed E-state index contributed by atoms with van der Waals surface area (Å²) in [7, 11) is 0. The zero-order chi connectivity index (χ0) is 23.0. The predicted octanol–water partition coefficient (Wildman–Crippen LogP) is 2.16. The first-order valence-corrected chi connectivity index (χ1v) is 9.77. The average Bonchev–Trinajstić information content (AvgIpc) is 3.09. The fourth-order valence-electron chi connectivity index (χ4n) is 3.77. The fraction of sp³-hybridized carbons (Fsp3) is 0.273. The van der Waals surface area contributed by atoms with E-state index in [1.165, 1.54) is 13.0 Å². The van der Waals surface area contributed by atoms with E-state index in [-0.39, 0.29) is 37.5 Å². The van der Waals surface area contributed by atoms with E-state index in [2.05, 4.69) is 16.0 Å². The third-order valence-electron chi connectivity index (χ3n) is 5.26. The van der Waals surface area contributed by atoms with Crippen LogP contribution >= 0.6 is 0 Å². The average molecular weight is 425 g/mol. The van der Waals surface area contributed by atoms with Gasteiger partial charge in [-0.1, -0.05) is 18.2 Å². The number of imide groups is 1. The first-order chi connectivity index (χ1) is 15.2. The number of halogens is 1. The van der Waals surface area contributed by atoms with Crippen molar-refractivity contribution in [2.75, 3.05) is 10.6 Å². The molecule has 1 atom stereocenters. The molecule has 0 radical (unpaired) electrons. The Morgan fingerprint density at radius 3 is 2.71 bits per heavy atom. The highest BCUT2D eigenvalue weighted by molar-refractivity contribution is 6.06. The highest BCUT2D eigenvalue weighted by atomic mass is 19.1. The van der Waals surface area contributed by atoms with Crippen LogP contribution in [0.3, 0.4) is 0 Å². The number of hydrogen-bond acceptors (Lipinski definition) is 5. The van der Waals surface area contributed by atoms with E-state index in [4.69, 9.17) is 1.37 Å². The standard InChI is InChI=1S/C22H21FN4O4/c1-12(28)25-17-7-2-4-13(20(17)23)10-24-16-6-3-5-14-15(16)11-27(22(14)31)18-8-9-19(29)26-21(18)30/h2-7,18,24H,8-11H2,1H3,(H,25,28)(H,26,29,30)/t18-/m0/s1/i18D. The molecular weight excluding hydrogens is 403 g/mol. The summed E-state index contributed by atoms with van der Waals surface area (Å²) in [6.07, 6.45) is -0.105. The van der Waals surface area contributed by atoms with E-state index in [9.17, 15) is 23.6 Å². The first kappa shape index (κ1) is 19.2. The van der Waals surface area contributed by atoms with Crippen molar-refractivity contribution in [1.29, 1.82) is 0 Å². The molecule has 2 heterocycles. The number of anilines is 2. The molecule has 0 spiro atoms. The van der Waals surface area contributed by atoms with Gasteiger partial charge in [0.1, 0.15) is 6.02 Å². The molecule has 2 aromatic rings. The summed E-state index contributed by atoms with van der Waals surface area (Å²) in [5, 5.41) is 7.68. The topological polar surface area (TPSA) is 108 Å². The zero-order valence-electron chi connectivity index (χ0n) is 17.8. The van der Waals surface area contributed by atoms with Crippen molar-refractivity contribution >= 4 is 35.0 Å². The second-order valence-corrected chi connectivity index (χ2v) is 7.36. The molecule has 160 valence electrons. The van der Waals surface area contributed by atoms with Crippen LogP contribution in [0.4, 0.5) is 15.8 Å². The van der Waals surface area contributed by atoms with Gasteiger partial charge in [0.25, 0.3) is 5.91 Å². The maximum atomic E-state index is 14.7. The van der Waals surface area contributed by atoms with Gasteiger partial charge in [0.15, 0.2) is 5.82 Å². The maximum Gasteiger partial charge on any atom is 0.255 e. The van der Waals surface area contributed by atoms with Crippen molar-refractivity contribution < 1.29 is 24.9 Å². The molecule has 0 aromatic heterocycles. The lowest BCUT2D eigenvalue weighted by Crippen LogP contribution is -2.52. The molecule has 2 aliphatic rings. The van der Waals surface area contributed by atoms with Crippen molar-refractivity contribution in [3.05, 3.63) is 58.9 Å². The third-order valence-corrected chi connectivity index (χ3v) is 5.26. The summed E-state index contributed by atoms with van der Waals surface area (Å²) in [6, 6.07) is 7.79. The SMILES string of the molecule is [2H][C@]1(N2Cc3c(NCc4cccc(NC(C)=O)c4F)cccc3C2=O)CCC(=O)NC1=O. The number of hydrogen-bond donors (Lipinski definition) is 3. The molecular formula is C22H21FN4O4. The minimum absolute atomic E-state index is 0.0108. The molecule has 2 aromatic carbocycles. The van der Waals surface area contributed by atoms with Crippen LogP contribution in [0.1, 0.15) is 42.6 Å². The van der Waals surface area contributed by atoms with Crippen molar-refractivity contribution in [2.24, 2.45) is 0 Å². The molecule has 1 saturated heterocycles. The van der Waals surface area contributed by atoms with Crippen LogP contribution < -0.4 is 16.0 Å². The van der Waals surface area contributed by atoms with Crippen LogP contribution in [0.25, 0.3) is 0 Å². The molecule has 0 bridgehead atoms. The van der Waals surface area contributed by atoms with Gasteiger partial charge in [0.05, 0.1) is 7.06 Å².